The molecule has 0 saturated carbocycles. The maximum atomic E-state index is 11.9. The average Bonchev–Trinajstić information content (AvgIpc) is 2.96. The largest absolute Gasteiger partial charge is 0.378 e. The van der Waals surface area contributed by atoms with E-state index in [4.69, 9.17) is 4.74 Å². The molecule has 5 nitrogen and oxygen atoms in total. The highest BCUT2D eigenvalue weighted by Gasteiger charge is 2.16. The molecule has 7 heteroatoms. The molecule has 0 aliphatic carbocycles. The van der Waals surface area contributed by atoms with E-state index >= 15 is 0 Å². The minimum absolute atomic E-state index is 0.0463. The van der Waals surface area contributed by atoms with Gasteiger partial charge in [0.2, 0.25) is 5.91 Å². The van der Waals surface area contributed by atoms with Crippen molar-refractivity contribution in [2.75, 3.05) is 36.5 Å². The summed E-state index contributed by atoms with van der Waals surface area (Å²) in [5.41, 5.74) is 2.10. The molecule has 22 heavy (non-hydrogen) atoms. The lowest BCUT2D eigenvalue weighted by molar-refractivity contribution is -0.115. The smallest absolute Gasteiger partial charge is 0.239 e. The Hall–Kier alpha value is -1.18. The van der Waals surface area contributed by atoms with Gasteiger partial charge in [-0.15, -0.1) is 0 Å². The number of halogens is 1. The molecule has 1 aliphatic heterocycles. The van der Waals surface area contributed by atoms with Crippen LogP contribution in [0.3, 0.4) is 0 Å². The fraction of sp³-hybridized carbons (Fsp3) is 0.467. The number of alkyl halides is 1. The van der Waals surface area contributed by atoms with Gasteiger partial charge < -0.3 is 15.0 Å². The van der Waals surface area contributed by atoms with Crippen LogP contribution in [0.4, 0.5) is 10.8 Å². The first-order chi connectivity index (χ1) is 10.7. The van der Waals surface area contributed by atoms with Crippen LogP contribution in [0.5, 0.6) is 0 Å². The van der Waals surface area contributed by atoms with Crippen molar-refractivity contribution in [3.05, 3.63) is 18.2 Å². The summed E-state index contributed by atoms with van der Waals surface area (Å²) in [7, 11) is 0. The molecular weight excluding hydrogens is 366 g/mol. The van der Waals surface area contributed by atoms with Gasteiger partial charge in [-0.2, -0.15) is 0 Å². The van der Waals surface area contributed by atoms with Crippen molar-refractivity contribution in [2.24, 2.45) is 0 Å². The van der Waals surface area contributed by atoms with Crippen LogP contribution < -0.4 is 10.2 Å². The number of rotatable bonds is 4. The van der Waals surface area contributed by atoms with E-state index in [-0.39, 0.29) is 10.7 Å². The maximum absolute atomic E-state index is 11.9. The van der Waals surface area contributed by atoms with Crippen LogP contribution in [0, 0.1) is 0 Å². The summed E-state index contributed by atoms with van der Waals surface area (Å²) in [5, 5.41) is 3.52. The van der Waals surface area contributed by atoms with Crippen molar-refractivity contribution in [3.63, 3.8) is 0 Å². The number of hydrogen-bond donors (Lipinski definition) is 1. The Morgan fingerprint density at radius 2 is 2.27 bits per heavy atom. The first kappa shape index (κ1) is 15.7. The van der Waals surface area contributed by atoms with Crippen LogP contribution in [0.25, 0.3) is 10.2 Å². The highest BCUT2D eigenvalue weighted by atomic mass is 79.9. The number of carbonyl (C=O) groups is 1. The molecule has 1 atom stereocenters. The molecular formula is C15H18BrN3O2S. The predicted molar refractivity (Wildman–Crippen MR) is 94.3 cm³/mol. The predicted octanol–water partition coefficient (Wildman–Crippen LogP) is 3.24. The number of nitrogens with one attached hydrogen (secondary N) is 1. The van der Waals surface area contributed by atoms with Crippen LogP contribution in [0.2, 0.25) is 0 Å². The second-order valence-corrected chi connectivity index (χ2v) is 7.27. The summed E-state index contributed by atoms with van der Waals surface area (Å²) in [4.78, 5) is 18.5. The number of amides is 1. The van der Waals surface area contributed by atoms with Gasteiger partial charge >= 0.3 is 0 Å². The van der Waals surface area contributed by atoms with Gasteiger partial charge in [-0.1, -0.05) is 34.2 Å². The van der Waals surface area contributed by atoms with E-state index < -0.39 is 0 Å². The number of fused-ring (bicyclic) bond motifs is 1. The summed E-state index contributed by atoms with van der Waals surface area (Å²) in [6.45, 7) is 5.33. The summed E-state index contributed by atoms with van der Waals surface area (Å²) in [6, 6.07) is 6.23. The minimum atomic E-state index is -0.177. The van der Waals surface area contributed by atoms with Crippen molar-refractivity contribution in [2.45, 2.75) is 18.2 Å². The maximum Gasteiger partial charge on any atom is 0.239 e. The average molecular weight is 384 g/mol. The summed E-state index contributed by atoms with van der Waals surface area (Å²) >= 11 is 4.86. The molecule has 1 fully saturated rings. The zero-order valence-electron chi connectivity index (χ0n) is 12.3. The number of thiazole rings is 1. The van der Waals surface area contributed by atoms with Crippen molar-refractivity contribution >= 4 is 54.2 Å². The fourth-order valence-corrected chi connectivity index (χ4v) is 3.37. The first-order valence-corrected chi connectivity index (χ1v) is 9.09. The van der Waals surface area contributed by atoms with Crippen LogP contribution in [-0.4, -0.2) is 42.0 Å². The number of ether oxygens (including phenoxy) is 1. The van der Waals surface area contributed by atoms with E-state index in [1.807, 2.05) is 13.0 Å². The third-order valence-corrected chi connectivity index (χ3v) is 5.62. The molecule has 1 saturated heterocycles. The summed E-state index contributed by atoms with van der Waals surface area (Å²) in [5.74, 6) is -0.0463. The normalized spacial score (nSPS) is 16.7. The Labute approximate surface area is 141 Å². The van der Waals surface area contributed by atoms with E-state index in [0.717, 1.165) is 42.9 Å². The number of benzene rings is 1. The molecule has 1 aliphatic rings. The number of aromatic nitrogens is 1. The van der Waals surface area contributed by atoms with Crippen LogP contribution in [-0.2, 0) is 9.53 Å². The number of anilines is 2. The lowest BCUT2D eigenvalue weighted by Gasteiger charge is -2.28. The van der Waals surface area contributed by atoms with E-state index in [2.05, 4.69) is 43.3 Å². The quantitative estimate of drug-likeness (QED) is 0.823. The van der Waals surface area contributed by atoms with E-state index in [1.54, 1.807) is 0 Å². The second kappa shape index (κ2) is 6.93. The standard InChI is InChI=1S/C15H18BrN3O2S/c1-2-11(16)14(20)18-15-17-12-4-3-10(9-13(12)22-15)19-5-7-21-8-6-19/h3-4,9,11H,2,5-8H2,1H3,(H,17,18,20). The Morgan fingerprint density at radius 1 is 1.50 bits per heavy atom. The fourth-order valence-electron chi connectivity index (χ4n) is 2.35. The van der Waals surface area contributed by atoms with Gasteiger partial charge in [0.15, 0.2) is 5.13 Å². The Kier molecular flexibility index (Phi) is 4.95. The number of carbonyl (C=O) groups excluding carboxylic acids is 1. The number of hydrogen-bond acceptors (Lipinski definition) is 5. The molecule has 1 aromatic heterocycles. The minimum Gasteiger partial charge on any atom is -0.378 e. The lowest BCUT2D eigenvalue weighted by atomic mass is 10.2. The molecule has 118 valence electrons. The van der Waals surface area contributed by atoms with Crippen molar-refractivity contribution in [3.8, 4) is 0 Å². The lowest BCUT2D eigenvalue weighted by Crippen LogP contribution is -2.36. The monoisotopic (exact) mass is 383 g/mol. The van der Waals surface area contributed by atoms with E-state index in [9.17, 15) is 4.79 Å². The number of nitrogens with zero attached hydrogens (tertiary/aromatic N) is 2. The molecule has 1 unspecified atom stereocenters. The van der Waals surface area contributed by atoms with Crippen molar-refractivity contribution in [1.29, 1.82) is 0 Å². The Bertz CT molecular complexity index is 670. The highest BCUT2D eigenvalue weighted by molar-refractivity contribution is 9.10. The Balaban J connectivity index is 1.79. The zero-order valence-corrected chi connectivity index (χ0v) is 14.7. The van der Waals surface area contributed by atoms with Crippen molar-refractivity contribution in [1.82, 2.24) is 4.98 Å². The molecule has 1 aromatic carbocycles. The van der Waals surface area contributed by atoms with Gasteiger partial charge in [-0.05, 0) is 24.6 Å². The molecule has 2 heterocycles. The highest BCUT2D eigenvalue weighted by Crippen LogP contribution is 2.30. The van der Waals surface area contributed by atoms with Crippen LogP contribution in [0.1, 0.15) is 13.3 Å². The SMILES string of the molecule is CCC(Br)C(=O)Nc1nc2ccc(N3CCOCC3)cc2s1. The van der Waals surface area contributed by atoms with Crippen LogP contribution >= 0.6 is 27.3 Å². The van der Waals surface area contributed by atoms with Crippen LogP contribution in [0.15, 0.2) is 18.2 Å². The van der Waals surface area contributed by atoms with Gasteiger partial charge in [0.1, 0.15) is 0 Å². The van der Waals surface area contributed by atoms with E-state index in [1.165, 1.54) is 17.0 Å². The molecule has 1 N–H and O–H groups in total. The molecule has 3 rings (SSSR count). The van der Waals surface area contributed by atoms with Gasteiger partial charge in [0.25, 0.3) is 0 Å². The summed E-state index contributed by atoms with van der Waals surface area (Å²) < 4.78 is 6.47. The van der Waals surface area contributed by atoms with Gasteiger partial charge in [-0.25, -0.2) is 4.98 Å². The van der Waals surface area contributed by atoms with Gasteiger partial charge in [0, 0.05) is 18.8 Å². The topological polar surface area (TPSA) is 54.5 Å². The number of morpholine rings is 1. The third-order valence-electron chi connectivity index (χ3n) is 3.62. The molecule has 0 radical (unpaired) electrons. The first-order valence-electron chi connectivity index (χ1n) is 7.35. The molecule has 2 aromatic rings. The zero-order chi connectivity index (χ0) is 15.5. The molecule has 1 amide bonds. The van der Waals surface area contributed by atoms with Gasteiger partial charge in [0.05, 0.1) is 28.3 Å². The molecule has 0 spiro atoms. The van der Waals surface area contributed by atoms with Crippen molar-refractivity contribution < 1.29 is 9.53 Å². The van der Waals surface area contributed by atoms with E-state index in [0.29, 0.717) is 5.13 Å². The molecule has 0 bridgehead atoms. The Morgan fingerprint density at radius 3 is 3.00 bits per heavy atom. The van der Waals surface area contributed by atoms with Gasteiger partial charge in [-0.3, -0.25) is 4.79 Å². The second-order valence-electron chi connectivity index (χ2n) is 5.14. The summed E-state index contributed by atoms with van der Waals surface area (Å²) in [6.07, 6.45) is 0.748. The third kappa shape index (κ3) is 3.42.